The average molecular weight is 273 g/mol. The molecule has 1 aromatic heterocycles. The molecule has 0 aliphatic heterocycles. The second-order valence-corrected chi connectivity index (χ2v) is 5.10. The van der Waals surface area contributed by atoms with E-state index in [1.165, 1.54) is 25.7 Å². The summed E-state index contributed by atoms with van der Waals surface area (Å²) in [7, 11) is 1.64. The first-order valence-corrected chi connectivity index (χ1v) is 7.05. The van der Waals surface area contributed by atoms with Crippen molar-refractivity contribution in [2.24, 2.45) is 0 Å². The number of rotatable bonds is 5. The van der Waals surface area contributed by atoms with Crippen LogP contribution in [0.5, 0.6) is 5.75 Å². The molecule has 5 nitrogen and oxygen atoms in total. The van der Waals surface area contributed by atoms with Gasteiger partial charge in [-0.3, -0.25) is 0 Å². The summed E-state index contributed by atoms with van der Waals surface area (Å²) in [5.41, 5.74) is 0.879. The SMILES string of the molecule is COc1cccc(-c2nnc(CNC3CCCC3)o2)c1. The first-order valence-electron chi connectivity index (χ1n) is 7.05. The summed E-state index contributed by atoms with van der Waals surface area (Å²) in [4.78, 5) is 0. The third kappa shape index (κ3) is 2.99. The maximum absolute atomic E-state index is 5.69. The molecule has 1 aliphatic carbocycles. The van der Waals surface area contributed by atoms with Crippen LogP contribution in [0.25, 0.3) is 11.5 Å². The Balaban J connectivity index is 1.66. The van der Waals surface area contributed by atoms with Crippen LogP contribution >= 0.6 is 0 Å². The van der Waals surface area contributed by atoms with Gasteiger partial charge in [0.2, 0.25) is 11.8 Å². The summed E-state index contributed by atoms with van der Waals surface area (Å²) >= 11 is 0. The van der Waals surface area contributed by atoms with Crippen molar-refractivity contribution < 1.29 is 9.15 Å². The second kappa shape index (κ2) is 6.05. The van der Waals surface area contributed by atoms with Crippen LogP contribution in [0, 0.1) is 0 Å². The highest BCUT2D eigenvalue weighted by molar-refractivity contribution is 5.55. The van der Waals surface area contributed by atoms with Crippen molar-refractivity contribution in [3.8, 4) is 17.2 Å². The number of aromatic nitrogens is 2. The van der Waals surface area contributed by atoms with Crippen LogP contribution in [0.1, 0.15) is 31.6 Å². The summed E-state index contributed by atoms with van der Waals surface area (Å²) in [6.45, 7) is 0.641. The lowest BCUT2D eigenvalue weighted by Crippen LogP contribution is -2.25. The average Bonchev–Trinajstić information content (AvgIpc) is 3.16. The lowest BCUT2D eigenvalue weighted by atomic mass is 10.2. The Hall–Kier alpha value is -1.88. The summed E-state index contributed by atoms with van der Waals surface area (Å²) in [6, 6.07) is 8.23. The van der Waals surface area contributed by atoms with E-state index in [1.807, 2.05) is 24.3 Å². The molecular weight excluding hydrogens is 254 g/mol. The molecule has 1 saturated carbocycles. The molecule has 0 amide bonds. The van der Waals surface area contributed by atoms with Crippen molar-refractivity contribution >= 4 is 0 Å². The van der Waals surface area contributed by atoms with Gasteiger partial charge in [-0.2, -0.15) is 0 Å². The van der Waals surface area contributed by atoms with Crippen LogP contribution in [0.4, 0.5) is 0 Å². The molecule has 0 saturated heterocycles. The van der Waals surface area contributed by atoms with E-state index >= 15 is 0 Å². The van der Waals surface area contributed by atoms with E-state index in [-0.39, 0.29) is 0 Å². The zero-order valence-electron chi connectivity index (χ0n) is 11.6. The van der Waals surface area contributed by atoms with Gasteiger partial charge in [-0.25, -0.2) is 0 Å². The Labute approximate surface area is 118 Å². The van der Waals surface area contributed by atoms with Gasteiger partial charge in [0.15, 0.2) is 0 Å². The van der Waals surface area contributed by atoms with Crippen molar-refractivity contribution in [2.75, 3.05) is 7.11 Å². The molecule has 1 aromatic carbocycles. The van der Waals surface area contributed by atoms with Crippen molar-refractivity contribution in [1.82, 2.24) is 15.5 Å². The van der Waals surface area contributed by atoms with Crippen molar-refractivity contribution in [3.63, 3.8) is 0 Å². The normalized spacial score (nSPS) is 15.7. The Kier molecular flexibility index (Phi) is 3.97. The van der Waals surface area contributed by atoms with E-state index in [2.05, 4.69) is 15.5 Å². The standard InChI is InChI=1S/C15H19N3O2/c1-19-13-8-4-5-11(9-13)15-18-17-14(20-15)10-16-12-6-2-3-7-12/h4-5,8-9,12,16H,2-3,6-7,10H2,1H3. The van der Waals surface area contributed by atoms with Gasteiger partial charge in [-0.05, 0) is 31.0 Å². The quantitative estimate of drug-likeness (QED) is 0.907. The Bertz CT molecular complexity index is 562. The molecule has 0 atom stereocenters. The molecular formula is C15H19N3O2. The third-order valence-corrected chi connectivity index (χ3v) is 3.68. The number of ether oxygens (including phenoxy) is 1. The Morgan fingerprint density at radius 1 is 1.30 bits per heavy atom. The monoisotopic (exact) mass is 273 g/mol. The van der Waals surface area contributed by atoms with Gasteiger partial charge in [0.25, 0.3) is 0 Å². The van der Waals surface area contributed by atoms with E-state index in [9.17, 15) is 0 Å². The zero-order chi connectivity index (χ0) is 13.8. The van der Waals surface area contributed by atoms with E-state index < -0.39 is 0 Å². The summed E-state index contributed by atoms with van der Waals surface area (Å²) in [5, 5.41) is 11.6. The van der Waals surface area contributed by atoms with E-state index in [0.29, 0.717) is 24.4 Å². The number of hydrogen-bond acceptors (Lipinski definition) is 5. The highest BCUT2D eigenvalue weighted by Gasteiger charge is 2.16. The number of hydrogen-bond donors (Lipinski definition) is 1. The van der Waals surface area contributed by atoms with Crippen molar-refractivity contribution in [1.29, 1.82) is 0 Å². The maximum atomic E-state index is 5.69. The highest BCUT2D eigenvalue weighted by atomic mass is 16.5. The molecule has 0 bridgehead atoms. The van der Waals surface area contributed by atoms with Gasteiger partial charge >= 0.3 is 0 Å². The number of benzene rings is 1. The van der Waals surface area contributed by atoms with Gasteiger partial charge in [0.05, 0.1) is 13.7 Å². The van der Waals surface area contributed by atoms with Crippen LogP contribution < -0.4 is 10.1 Å². The summed E-state index contributed by atoms with van der Waals surface area (Å²) in [5.74, 6) is 1.95. The first kappa shape index (κ1) is 13.1. The fourth-order valence-electron chi connectivity index (χ4n) is 2.56. The fraction of sp³-hybridized carbons (Fsp3) is 0.467. The van der Waals surface area contributed by atoms with Crippen LogP contribution in [0.3, 0.4) is 0 Å². The summed E-state index contributed by atoms with van der Waals surface area (Å²) < 4.78 is 10.9. The lowest BCUT2D eigenvalue weighted by molar-refractivity contribution is 0.414. The summed E-state index contributed by atoms with van der Waals surface area (Å²) in [6.07, 6.45) is 5.13. The minimum atomic E-state index is 0.534. The molecule has 1 aliphatic rings. The maximum Gasteiger partial charge on any atom is 0.247 e. The van der Waals surface area contributed by atoms with Gasteiger partial charge in [0, 0.05) is 11.6 Å². The van der Waals surface area contributed by atoms with Crippen molar-refractivity contribution in [2.45, 2.75) is 38.3 Å². The molecule has 0 spiro atoms. The van der Waals surface area contributed by atoms with E-state index in [0.717, 1.165) is 11.3 Å². The largest absolute Gasteiger partial charge is 0.497 e. The highest BCUT2D eigenvalue weighted by Crippen LogP contribution is 2.23. The third-order valence-electron chi connectivity index (χ3n) is 3.68. The van der Waals surface area contributed by atoms with Crippen LogP contribution in [0.2, 0.25) is 0 Å². The molecule has 0 radical (unpaired) electrons. The predicted molar refractivity (Wildman–Crippen MR) is 75.4 cm³/mol. The molecule has 106 valence electrons. The van der Waals surface area contributed by atoms with Crippen molar-refractivity contribution in [3.05, 3.63) is 30.2 Å². The second-order valence-electron chi connectivity index (χ2n) is 5.10. The number of methoxy groups -OCH3 is 1. The first-order chi connectivity index (χ1) is 9.85. The fourth-order valence-corrected chi connectivity index (χ4v) is 2.56. The van der Waals surface area contributed by atoms with Gasteiger partial charge in [-0.15, -0.1) is 10.2 Å². The minimum Gasteiger partial charge on any atom is -0.497 e. The molecule has 20 heavy (non-hydrogen) atoms. The number of nitrogens with zero attached hydrogens (tertiary/aromatic N) is 2. The topological polar surface area (TPSA) is 60.2 Å². The Morgan fingerprint density at radius 3 is 2.95 bits per heavy atom. The number of nitrogens with one attached hydrogen (secondary N) is 1. The minimum absolute atomic E-state index is 0.534. The van der Waals surface area contributed by atoms with Gasteiger partial charge in [-0.1, -0.05) is 18.9 Å². The van der Waals surface area contributed by atoms with Gasteiger partial charge < -0.3 is 14.5 Å². The van der Waals surface area contributed by atoms with Crippen LogP contribution in [0.15, 0.2) is 28.7 Å². The smallest absolute Gasteiger partial charge is 0.247 e. The van der Waals surface area contributed by atoms with E-state index in [4.69, 9.17) is 9.15 Å². The Morgan fingerprint density at radius 2 is 2.15 bits per heavy atom. The molecule has 1 heterocycles. The molecule has 1 N–H and O–H groups in total. The molecule has 3 rings (SSSR count). The van der Waals surface area contributed by atoms with Crippen LogP contribution in [-0.2, 0) is 6.54 Å². The molecule has 2 aromatic rings. The lowest BCUT2D eigenvalue weighted by Gasteiger charge is -2.08. The van der Waals surface area contributed by atoms with Gasteiger partial charge in [0.1, 0.15) is 5.75 Å². The molecule has 0 unspecified atom stereocenters. The van der Waals surface area contributed by atoms with E-state index in [1.54, 1.807) is 7.11 Å². The van der Waals surface area contributed by atoms with Crippen LogP contribution in [-0.4, -0.2) is 23.3 Å². The molecule has 5 heteroatoms. The predicted octanol–water partition coefficient (Wildman–Crippen LogP) is 2.78. The molecule has 1 fully saturated rings. The zero-order valence-corrected chi connectivity index (χ0v) is 11.6.